The lowest BCUT2D eigenvalue weighted by molar-refractivity contribution is -0.136. The van der Waals surface area contributed by atoms with Crippen LogP contribution >= 0.6 is 0 Å². The molecule has 0 atom stereocenters. The summed E-state index contributed by atoms with van der Waals surface area (Å²) in [7, 11) is -3.56. The van der Waals surface area contributed by atoms with E-state index in [1.165, 1.54) is 6.08 Å². The maximum Gasteiger partial charge on any atom is 0.305 e. The number of amidine groups is 1. The van der Waals surface area contributed by atoms with Gasteiger partial charge < -0.3 is 15.3 Å². The van der Waals surface area contributed by atoms with Gasteiger partial charge in [0.25, 0.3) is 15.9 Å². The maximum absolute atomic E-state index is 11.9. The first-order valence-corrected chi connectivity index (χ1v) is 7.48. The molecule has 0 spiro atoms. The van der Waals surface area contributed by atoms with Crippen LogP contribution in [0.2, 0.25) is 0 Å². The second-order valence-corrected chi connectivity index (χ2v) is 5.97. The van der Waals surface area contributed by atoms with E-state index in [2.05, 4.69) is 9.71 Å². The van der Waals surface area contributed by atoms with Gasteiger partial charge >= 0.3 is 5.97 Å². The molecule has 0 aromatic heterocycles. The third-order valence-corrected chi connectivity index (χ3v) is 3.88. The average molecular weight is 299 g/mol. The predicted molar refractivity (Wildman–Crippen MR) is 70.4 cm³/mol. The molecule has 0 aromatic carbocycles. The molecule has 0 aromatic rings. The van der Waals surface area contributed by atoms with Crippen molar-refractivity contribution >= 4 is 27.7 Å². The number of nitrogens with zero attached hydrogens (tertiary/aromatic N) is 2. The average Bonchev–Trinajstić information content (AvgIpc) is 2.36. The summed E-state index contributed by atoms with van der Waals surface area (Å²) in [4.78, 5) is 23.9. The molecule has 20 heavy (non-hydrogen) atoms. The van der Waals surface area contributed by atoms with E-state index in [0.29, 0.717) is 0 Å². The molecule has 0 fully saturated rings. The fraction of sp³-hybridized carbons (Fsp3) is 0.364. The minimum absolute atomic E-state index is 0.0325. The molecule has 2 aliphatic rings. The van der Waals surface area contributed by atoms with E-state index in [4.69, 9.17) is 5.11 Å². The minimum Gasteiger partial charge on any atom is -0.481 e. The van der Waals surface area contributed by atoms with Crippen LogP contribution in [0.3, 0.4) is 0 Å². The number of rotatable bonds is 4. The van der Waals surface area contributed by atoms with Crippen molar-refractivity contribution in [3.63, 3.8) is 0 Å². The van der Waals surface area contributed by atoms with E-state index in [0.717, 1.165) is 0 Å². The topological polar surface area (TPSA) is 116 Å². The summed E-state index contributed by atoms with van der Waals surface area (Å²) in [6.07, 6.45) is 4.50. The molecule has 2 heterocycles. The smallest absolute Gasteiger partial charge is 0.305 e. The first kappa shape index (κ1) is 14.3. The van der Waals surface area contributed by atoms with Gasteiger partial charge in [-0.15, -0.1) is 4.40 Å². The van der Waals surface area contributed by atoms with Gasteiger partial charge in [0.05, 0.1) is 17.7 Å². The summed E-state index contributed by atoms with van der Waals surface area (Å²) in [5.41, 5.74) is 0.112. The van der Waals surface area contributed by atoms with Gasteiger partial charge in [0.15, 0.2) is 5.84 Å². The summed E-state index contributed by atoms with van der Waals surface area (Å²) < 4.78 is 26.6. The Bertz CT molecular complexity index is 632. The molecule has 2 aliphatic heterocycles. The number of sulfonamides is 1. The Hall–Kier alpha value is -2.16. The molecular formula is C11H13N3O5S. The lowest BCUT2D eigenvalue weighted by atomic mass is 10.1. The van der Waals surface area contributed by atoms with E-state index in [9.17, 15) is 18.0 Å². The van der Waals surface area contributed by atoms with Crippen molar-refractivity contribution in [3.05, 3.63) is 23.9 Å². The third-order valence-electron chi connectivity index (χ3n) is 2.73. The largest absolute Gasteiger partial charge is 0.481 e. The number of carbonyl (C=O) groups is 2. The molecule has 0 unspecified atom stereocenters. The number of amides is 1. The van der Waals surface area contributed by atoms with Crippen LogP contribution in [0.5, 0.6) is 0 Å². The number of fused-ring (bicyclic) bond motifs is 1. The monoisotopic (exact) mass is 299 g/mol. The molecule has 1 amide bonds. The lowest BCUT2D eigenvalue weighted by Gasteiger charge is -2.28. The molecule has 2 rings (SSSR count). The van der Waals surface area contributed by atoms with Gasteiger partial charge in [0.1, 0.15) is 0 Å². The highest BCUT2D eigenvalue weighted by molar-refractivity contribution is 7.90. The van der Waals surface area contributed by atoms with Crippen molar-refractivity contribution in [2.75, 3.05) is 18.8 Å². The van der Waals surface area contributed by atoms with Gasteiger partial charge in [-0.3, -0.25) is 9.59 Å². The van der Waals surface area contributed by atoms with Crippen LogP contribution < -0.4 is 5.32 Å². The van der Waals surface area contributed by atoms with Gasteiger partial charge in [0, 0.05) is 19.3 Å². The molecule has 108 valence electrons. The number of aliphatic carboxylic acids is 1. The van der Waals surface area contributed by atoms with Crippen LogP contribution in [-0.4, -0.2) is 55.0 Å². The summed E-state index contributed by atoms with van der Waals surface area (Å²) in [5, 5.41) is 10.9. The number of hydrogen-bond donors (Lipinski definition) is 2. The first-order valence-electron chi connectivity index (χ1n) is 5.87. The minimum atomic E-state index is -3.56. The third kappa shape index (κ3) is 3.23. The number of carboxylic acid groups (broad SMARTS) is 1. The van der Waals surface area contributed by atoms with Crippen molar-refractivity contribution < 1.29 is 23.1 Å². The molecule has 9 heteroatoms. The van der Waals surface area contributed by atoms with Gasteiger partial charge in [0.2, 0.25) is 0 Å². The van der Waals surface area contributed by atoms with Crippen LogP contribution in [0, 0.1) is 0 Å². The predicted octanol–water partition coefficient (Wildman–Crippen LogP) is -0.925. The molecular weight excluding hydrogens is 286 g/mol. The van der Waals surface area contributed by atoms with E-state index >= 15 is 0 Å². The van der Waals surface area contributed by atoms with Crippen LogP contribution in [0.1, 0.15) is 6.42 Å². The molecule has 0 aliphatic carbocycles. The molecule has 8 nitrogen and oxygen atoms in total. The van der Waals surface area contributed by atoms with Crippen molar-refractivity contribution in [3.8, 4) is 0 Å². The van der Waals surface area contributed by atoms with Crippen molar-refractivity contribution in [2.45, 2.75) is 6.42 Å². The molecule has 2 N–H and O–H groups in total. The first-order chi connectivity index (χ1) is 9.39. The Morgan fingerprint density at radius 1 is 1.45 bits per heavy atom. The summed E-state index contributed by atoms with van der Waals surface area (Å²) in [6.45, 7) is 0.201. The highest BCUT2D eigenvalue weighted by Crippen LogP contribution is 2.17. The van der Waals surface area contributed by atoms with Crippen molar-refractivity contribution in [2.24, 2.45) is 4.40 Å². The number of carbonyl (C=O) groups excluding carboxylic acids is 1. The molecule has 0 radical (unpaired) electrons. The zero-order valence-corrected chi connectivity index (χ0v) is 11.3. The Morgan fingerprint density at radius 3 is 2.90 bits per heavy atom. The zero-order chi connectivity index (χ0) is 14.8. The van der Waals surface area contributed by atoms with Gasteiger partial charge in [-0.1, -0.05) is 0 Å². The highest BCUT2D eigenvalue weighted by atomic mass is 32.2. The van der Waals surface area contributed by atoms with E-state index in [-0.39, 0.29) is 36.7 Å². The van der Waals surface area contributed by atoms with Gasteiger partial charge in [-0.25, -0.2) is 8.42 Å². The number of allylic oxidation sites excluding steroid dienone is 2. The normalized spacial score (nSPS) is 19.7. The molecule has 0 saturated carbocycles. The van der Waals surface area contributed by atoms with Crippen LogP contribution in [-0.2, 0) is 19.6 Å². The highest BCUT2D eigenvalue weighted by Gasteiger charge is 2.29. The standard InChI is InChI=1S/C11H13N3O5S/c15-9(16)3-4-12-11(17)8-2-1-5-14-6-7-20(18,19)13-10(8)14/h1-2,5H,3-4,6-7H2,(H,12,17)(H,15,16). The Labute approximate surface area is 115 Å². The number of nitrogens with one attached hydrogen (secondary N) is 1. The molecule has 0 saturated heterocycles. The Kier molecular flexibility index (Phi) is 3.89. The molecule has 0 bridgehead atoms. The van der Waals surface area contributed by atoms with E-state index in [1.807, 2.05) is 0 Å². The van der Waals surface area contributed by atoms with Crippen LogP contribution in [0.15, 0.2) is 28.3 Å². The summed E-state index contributed by atoms with van der Waals surface area (Å²) in [6, 6.07) is 0. The van der Waals surface area contributed by atoms with Gasteiger partial charge in [-0.05, 0) is 12.2 Å². The SMILES string of the molecule is O=C(O)CCNC(=O)C1=CC=CN2CCS(=O)(=O)N=C12. The van der Waals surface area contributed by atoms with Gasteiger partial charge in [-0.2, -0.15) is 0 Å². The number of carboxylic acids is 1. The lowest BCUT2D eigenvalue weighted by Crippen LogP contribution is -2.42. The second-order valence-electron chi connectivity index (χ2n) is 4.22. The summed E-state index contributed by atoms with van der Waals surface area (Å²) in [5.74, 6) is -1.60. The van der Waals surface area contributed by atoms with Crippen molar-refractivity contribution in [1.29, 1.82) is 0 Å². The van der Waals surface area contributed by atoms with Crippen molar-refractivity contribution in [1.82, 2.24) is 10.2 Å². The zero-order valence-electron chi connectivity index (χ0n) is 10.4. The van der Waals surface area contributed by atoms with Crippen LogP contribution in [0.25, 0.3) is 0 Å². The Morgan fingerprint density at radius 2 is 2.20 bits per heavy atom. The summed E-state index contributed by atoms with van der Waals surface area (Å²) >= 11 is 0. The Balaban J connectivity index is 2.16. The fourth-order valence-corrected chi connectivity index (χ4v) is 2.76. The number of hydrogen-bond acceptors (Lipinski definition) is 5. The quantitative estimate of drug-likeness (QED) is 0.693. The van der Waals surface area contributed by atoms with Crippen LogP contribution in [0.4, 0.5) is 0 Å². The van der Waals surface area contributed by atoms with E-state index in [1.54, 1.807) is 17.2 Å². The fourth-order valence-electron chi connectivity index (χ4n) is 1.77. The second kappa shape index (κ2) is 5.45. The van der Waals surface area contributed by atoms with E-state index < -0.39 is 21.9 Å². The maximum atomic E-state index is 11.9.